The Morgan fingerprint density at radius 3 is 2.88 bits per heavy atom. The topological polar surface area (TPSA) is 45.0 Å². The normalized spacial score (nSPS) is 11.5. The van der Waals surface area contributed by atoms with Gasteiger partial charge in [-0.05, 0) is 38.1 Å². The maximum Gasteiger partial charge on any atom is 0.0456 e. The largest absolute Gasteiger partial charge is 0.361 e. The molecule has 0 atom stereocenters. The van der Waals surface area contributed by atoms with Crippen LogP contribution in [0, 0.1) is 0 Å². The van der Waals surface area contributed by atoms with Gasteiger partial charge in [-0.3, -0.25) is 0 Å². The number of para-hydroxylation sites is 1. The molecule has 0 bridgehead atoms. The van der Waals surface area contributed by atoms with Gasteiger partial charge in [0.05, 0.1) is 0 Å². The van der Waals surface area contributed by atoms with E-state index >= 15 is 0 Å². The average molecular weight is 231 g/mol. The van der Waals surface area contributed by atoms with Crippen molar-refractivity contribution < 1.29 is 0 Å². The van der Waals surface area contributed by atoms with E-state index < -0.39 is 0 Å². The van der Waals surface area contributed by atoms with Crippen molar-refractivity contribution in [3.63, 3.8) is 0 Å². The number of nitrogens with one attached hydrogen (secondary N) is 1. The van der Waals surface area contributed by atoms with Crippen LogP contribution in [-0.4, -0.2) is 36.6 Å². The molecule has 2 aromatic rings. The lowest BCUT2D eigenvalue weighted by Crippen LogP contribution is -2.26. The zero-order valence-electron chi connectivity index (χ0n) is 10.4. The molecule has 0 aliphatic heterocycles. The summed E-state index contributed by atoms with van der Waals surface area (Å²) < 4.78 is 0. The van der Waals surface area contributed by atoms with Crippen molar-refractivity contribution in [3.05, 3.63) is 36.0 Å². The van der Waals surface area contributed by atoms with E-state index in [9.17, 15) is 0 Å². The molecule has 1 aromatic carbocycles. The highest BCUT2D eigenvalue weighted by molar-refractivity contribution is 5.82. The molecular weight excluding hydrogens is 210 g/mol. The molecule has 0 fully saturated rings. The Hall–Kier alpha value is -1.32. The number of benzene rings is 1. The zero-order chi connectivity index (χ0) is 12.1. The van der Waals surface area contributed by atoms with Crippen LogP contribution < -0.4 is 5.73 Å². The summed E-state index contributed by atoms with van der Waals surface area (Å²) in [6.45, 7) is 2.83. The molecule has 3 heteroatoms. The van der Waals surface area contributed by atoms with E-state index in [-0.39, 0.29) is 0 Å². The molecule has 0 radical (unpaired) electrons. The standard InChI is InChI=1S/C14H21N3/c1-17(10-8-15)9-4-5-12-11-16-14-7-3-2-6-13(12)14/h2-3,6-7,11,16H,4-5,8-10,15H2,1H3. The third kappa shape index (κ3) is 3.08. The predicted molar refractivity (Wildman–Crippen MR) is 73.2 cm³/mol. The first-order valence-electron chi connectivity index (χ1n) is 6.25. The Bertz CT molecular complexity index is 461. The summed E-state index contributed by atoms with van der Waals surface area (Å²) in [4.78, 5) is 5.60. The fraction of sp³-hybridized carbons (Fsp3) is 0.429. The number of hydrogen-bond acceptors (Lipinski definition) is 2. The summed E-state index contributed by atoms with van der Waals surface area (Å²) in [7, 11) is 2.13. The maximum atomic E-state index is 5.52. The summed E-state index contributed by atoms with van der Waals surface area (Å²) in [5.41, 5.74) is 8.18. The van der Waals surface area contributed by atoms with Gasteiger partial charge in [0.2, 0.25) is 0 Å². The van der Waals surface area contributed by atoms with Gasteiger partial charge < -0.3 is 15.6 Å². The first kappa shape index (κ1) is 12.1. The Morgan fingerprint density at radius 1 is 1.24 bits per heavy atom. The van der Waals surface area contributed by atoms with Crippen molar-refractivity contribution in [2.75, 3.05) is 26.7 Å². The molecule has 0 spiro atoms. The molecule has 1 heterocycles. The summed E-state index contributed by atoms with van der Waals surface area (Å²) in [6.07, 6.45) is 4.44. The highest BCUT2D eigenvalue weighted by Crippen LogP contribution is 2.18. The van der Waals surface area contributed by atoms with Crippen molar-refractivity contribution in [2.45, 2.75) is 12.8 Å². The van der Waals surface area contributed by atoms with Crippen LogP contribution in [0.2, 0.25) is 0 Å². The number of fused-ring (bicyclic) bond motifs is 1. The van der Waals surface area contributed by atoms with E-state index in [2.05, 4.69) is 47.4 Å². The van der Waals surface area contributed by atoms with E-state index in [0.29, 0.717) is 0 Å². The van der Waals surface area contributed by atoms with Crippen molar-refractivity contribution in [1.82, 2.24) is 9.88 Å². The van der Waals surface area contributed by atoms with Crippen LogP contribution in [0.1, 0.15) is 12.0 Å². The van der Waals surface area contributed by atoms with E-state index in [1.54, 1.807) is 0 Å². The molecule has 3 N–H and O–H groups in total. The molecule has 1 aromatic heterocycles. The monoisotopic (exact) mass is 231 g/mol. The van der Waals surface area contributed by atoms with Gasteiger partial charge in [-0.1, -0.05) is 18.2 Å². The summed E-state index contributed by atoms with van der Waals surface area (Å²) in [6, 6.07) is 8.47. The minimum absolute atomic E-state index is 0.740. The average Bonchev–Trinajstić information content (AvgIpc) is 2.73. The highest BCUT2D eigenvalue weighted by atomic mass is 15.1. The molecule has 92 valence electrons. The quantitative estimate of drug-likeness (QED) is 0.798. The summed E-state index contributed by atoms with van der Waals surface area (Å²) in [5.74, 6) is 0. The Morgan fingerprint density at radius 2 is 2.06 bits per heavy atom. The number of hydrogen-bond donors (Lipinski definition) is 2. The van der Waals surface area contributed by atoms with E-state index in [0.717, 1.165) is 26.1 Å². The Kier molecular flexibility index (Phi) is 4.18. The fourth-order valence-corrected chi connectivity index (χ4v) is 2.21. The fourth-order valence-electron chi connectivity index (χ4n) is 2.21. The van der Waals surface area contributed by atoms with E-state index in [4.69, 9.17) is 5.73 Å². The smallest absolute Gasteiger partial charge is 0.0456 e. The number of rotatable bonds is 6. The summed E-state index contributed by atoms with van der Waals surface area (Å²) >= 11 is 0. The van der Waals surface area contributed by atoms with Crippen molar-refractivity contribution in [1.29, 1.82) is 0 Å². The number of nitrogens with zero attached hydrogens (tertiary/aromatic N) is 1. The van der Waals surface area contributed by atoms with Gasteiger partial charge in [-0.2, -0.15) is 0 Å². The third-order valence-corrected chi connectivity index (χ3v) is 3.17. The second-order valence-electron chi connectivity index (χ2n) is 4.56. The van der Waals surface area contributed by atoms with Crippen LogP contribution >= 0.6 is 0 Å². The molecule has 0 saturated heterocycles. The van der Waals surface area contributed by atoms with E-state index in [1.165, 1.54) is 22.9 Å². The van der Waals surface area contributed by atoms with Crippen LogP contribution in [0.15, 0.2) is 30.5 Å². The van der Waals surface area contributed by atoms with Crippen LogP contribution in [0.25, 0.3) is 10.9 Å². The van der Waals surface area contributed by atoms with Crippen molar-refractivity contribution in [2.24, 2.45) is 5.73 Å². The number of nitrogens with two attached hydrogens (primary N) is 1. The molecular formula is C14H21N3. The number of H-pyrrole nitrogens is 1. The number of aryl methyl sites for hydroxylation is 1. The lowest BCUT2D eigenvalue weighted by atomic mass is 10.1. The Labute approximate surface area is 103 Å². The first-order valence-corrected chi connectivity index (χ1v) is 6.25. The zero-order valence-corrected chi connectivity index (χ0v) is 10.4. The second-order valence-corrected chi connectivity index (χ2v) is 4.56. The molecule has 0 saturated carbocycles. The molecule has 0 aliphatic carbocycles. The maximum absolute atomic E-state index is 5.52. The lowest BCUT2D eigenvalue weighted by Gasteiger charge is -2.14. The van der Waals surface area contributed by atoms with Gasteiger partial charge in [-0.25, -0.2) is 0 Å². The SMILES string of the molecule is CN(CCN)CCCc1c[nH]c2ccccc12. The summed E-state index contributed by atoms with van der Waals surface area (Å²) in [5, 5.41) is 1.36. The van der Waals surface area contributed by atoms with Crippen LogP contribution in [-0.2, 0) is 6.42 Å². The van der Waals surface area contributed by atoms with Gasteiger partial charge in [0, 0.05) is 30.2 Å². The van der Waals surface area contributed by atoms with Gasteiger partial charge in [0.1, 0.15) is 0 Å². The van der Waals surface area contributed by atoms with Crippen molar-refractivity contribution >= 4 is 10.9 Å². The molecule has 17 heavy (non-hydrogen) atoms. The second kappa shape index (κ2) is 5.84. The molecule has 3 nitrogen and oxygen atoms in total. The number of likely N-dealkylation sites (N-methyl/N-ethyl adjacent to an activating group) is 1. The van der Waals surface area contributed by atoms with Gasteiger partial charge >= 0.3 is 0 Å². The van der Waals surface area contributed by atoms with Crippen LogP contribution in [0.4, 0.5) is 0 Å². The van der Waals surface area contributed by atoms with Gasteiger partial charge in [-0.15, -0.1) is 0 Å². The molecule has 0 unspecified atom stereocenters. The van der Waals surface area contributed by atoms with Crippen LogP contribution in [0.5, 0.6) is 0 Å². The minimum Gasteiger partial charge on any atom is -0.361 e. The Balaban J connectivity index is 1.91. The lowest BCUT2D eigenvalue weighted by molar-refractivity contribution is 0.338. The van der Waals surface area contributed by atoms with Crippen molar-refractivity contribution in [3.8, 4) is 0 Å². The highest BCUT2D eigenvalue weighted by Gasteiger charge is 2.03. The molecule has 0 aliphatic rings. The van der Waals surface area contributed by atoms with E-state index in [1.807, 2.05) is 0 Å². The molecule has 0 amide bonds. The van der Waals surface area contributed by atoms with Gasteiger partial charge in [0.15, 0.2) is 0 Å². The third-order valence-electron chi connectivity index (χ3n) is 3.17. The van der Waals surface area contributed by atoms with Gasteiger partial charge in [0.25, 0.3) is 0 Å². The molecule has 2 rings (SSSR count). The predicted octanol–water partition coefficient (Wildman–Crippen LogP) is 1.99. The first-order chi connectivity index (χ1) is 8.31. The number of aromatic nitrogens is 1. The minimum atomic E-state index is 0.740. The number of aromatic amines is 1. The van der Waals surface area contributed by atoms with Crippen LogP contribution in [0.3, 0.4) is 0 Å².